The minimum Gasteiger partial charge on any atom is -0.375 e. The number of rotatable bonds is 8. The predicted molar refractivity (Wildman–Crippen MR) is 119 cm³/mol. The molecule has 2 amide bonds. The lowest BCUT2D eigenvalue weighted by Gasteiger charge is -2.23. The molecule has 0 heterocycles. The molecule has 3 aromatic carbocycles. The van der Waals surface area contributed by atoms with Crippen LogP contribution in [0, 0.1) is 12.7 Å². The molecule has 0 spiro atoms. The molecule has 0 atom stereocenters. The fraction of sp³-hybridized carbons (Fsp3) is 0.200. The zero-order valence-corrected chi connectivity index (χ0v) is 17.6. The van der Waals surface area contributed by atoms with Gasteiger partial charge in [0.25, 0.3) is 5.91 Å². The maximum atomic E-state index is 13.3. The number of hydrogen-bond acceptors (Lipinski definition) is 3. The van der Waals surface area contributed by atoms with E-state index in [1.165, 1.54) is 25.3 Å². The van der Waals surface area contributed by atoms with Gasteiger partial charge in [0.2, 0.25) is 5.91 Å². The van der Waals surface area contributed by atoms with E-state index in [0.29, 0.717) is 17.9 Å². The molecule has 0 radical (unpaired) electrons. The van der Waals surface area contributed by atoms with Crippen LogP contribution in [0.4, 0.5) is 15.8 Å². The van der Waals surface area contributed by atoms with Crippen molar-refractivity contribution in [3.05, 3.63) is 95.3 Å². The lowest BCUT2D eigenvalue weighted by Crippen LogP contribution is -2.33. The van der Waals surface area contributed by atoms with Crippen molar-refractivity contribution in [3.8, 4) is 0 Å². The fourth-order valence-electron chi connectivity index (χ4n) is 3.19. The van der Waals surface area contributed by atoms with Crippen LogP contribution < -0.4 is 10.2 Å². The molecule has 0 saturated carbocycles. The Labute approximate surface area is 181 Å². The number of nitrogens with one attached hydrogen (secondary N) is 1. The Bertz CT molecular complexity index is 1050. The van der Waals surface area contributed by atoms with Gasteiger partial charge in [-0.25, -0.2) is 4.39 Å². The third-order valence-corrected chi connectivity index (χ3v) is 4.73. The summed E-state index contributed by atoms with van der Waals surface area (Å²) in [4.78, 5) is 26.7. The highest BCUT2D eigenvalue weighted by Crippen LogP contribution is 2.21. The van der Waals surface area contributed by atoms with Gasteiger partial charge in [0, 0.05) is 18.5 Å². The SMILES string of the molecule is COCC(=O)N(Cc1ccc(C)cc1)c1cccc(CC(=O)Nc2cccc(F)c2)c1. The lowest BCUT2D eigenvalue weighted by molar-refractivity contribution is -0.122. The topological polar surface area (TPSA) is 58.6 Å². The summed E-state index contributed by atoms with van der Waals surface area (Å²) in [5, 5.41) is 2.69. The number of amides is 2. The number of carbonyl (C=O) groups excluding carboxylic acids is 2. The number of benzene rings is 3. The number of hydrogen-bond donors (Lipinski definition) is 1. The Balaban J connectivity index is 1.77. The van der Waals surface area contributed by atoms with Crippen LogP contribution in [-0.4, -0.2) is 25.5 Å². The predicted octanol–water partition coefficient (Wildman–Crippen LogP) is 4.49. The molecule has 0 aromatic heterocycles. The molecule has 1 N–H and O–H groups in total. The van der Waals surface area contributed by atoms with Crippen molar-refractivity contribution in [1.82, 2.24) is 0 Å². The summed E-state index contributed by atoms with van der Waals surface area (Å²) in [5.41, 5.74) is 3.95. The summed E-state index contributed by atoms with van der Waals surface area (Å²) in [5.74, 6) is -0.858. The first kappa shape index (κ1) is 22.2. The van der Waals surface area contributed by atoms with Gasteiger partial charge < -0.3 is 15.0 Å². The minimum absolute atomic E-state index is 0.0455. The molecule has 6 heteroatoms. The van der Waals surface area contributed by atoms with Gasteiger partial charge in [-0.15, -0.1) is 0 Å². The molecular formula is C25H25FN2O3. The fourth-order valence-corrected chi connectivity index (χ4v) is 3.19. The zero-order chi connectivity index (χ0) is 22.2. The van der Waals surface area contributed by atoms with Crippen LogP contribution in [0.15, 0.2) is 72.8 Å². The average Bonchev–Trinajstić information content (AvgIpc) is 2.73. The van der Waals surface area contributed by atoms with Crippen molar-refractivity contribution < 1.29 is 18.7 Å². The quantitative estimate of drug-likeness (QED) is 0.584. The van der Waals surface area contributed by atoms with Gasteiger partial charge in [-0.3, -0.25) is 9.59 Å². The molecule has 0 unspecified atom stereocenters. The summed E-state index contributed by atoms with van der Waals surface area (Å²) in [6.45, 7) is 2.35. The number of aryl methyl sites for hydroxylation is 1. The smallest absolute Gasteiger partial charge is 0.253 e. The molecule has 31 heavy (non-hydrogen) atoms. The second-order valence-electron chi connectivity index (χ2n) is 7.30. The van der Waals surface area contributed by atoms with E-state index >= 15 is 0 Å². The lowest BCUT2D eigenvalue weighted by atomic mass is 10.1. The van der Waals surface area contributed by atoms with Crippen LogP contribution >= 0.6 is 0 Å². The van der Waals surface area contributed by atoms with Crippen molar-refractivity contribution >= 4 is 23.2 Å². The molecule has 0 aliphatic carbocycles. The molecule has 0 aliphatic heterocycles. The second kappa shape index (κ2) is 10.5. The number of halogens is 1. The Kier molecular flexibility index (Phi) is 7.51. The van der Waals surface area contributed by atoms with Crippen LogP contribution in [0.25, 0.3) is 0 Å². The highest BCUT2D eigenvalue weighted by atomic mass is 19.1. The summed E-state index contributed by atoms with van der Waals surface area (Å²) >= 11 is 0. The van der Waals surface area contributed by atoms with Crippen molar-refractivity contribution in [2.24, 2.45) is 0 Å². The number of nitrogens with zero attached hydrogens (tertiary/aromatic N) is 1. The summed E-state index contributed by atoms with van der Waals surface area (Å²) in [7, 11) is 1.48. The highest BCUT2D eigenvalue weighted by Gasteiger charge is 2.17. The maximum Gasteiger partial charge on any atom is 0.253 e. The van der Waals surface area contributed by atoms with Crippen LogP contribution in [0.5, 0.6) is 0 Å². The zero-order valence-electron chi connectivity index (χ0n) is 17.6. The van der Waals surface area contributed by atoms with Gasteiger partial charge in [0.15, 0.2) is 0 Å². The van der Waals surface area contributed by atoms with Crippen LogP contribution in [0.2, 0.25) is 0 Å². The Morgan fingerprint density at radius 3 is 2.42 bits per heavy atom. The Hall–Kier alpha value is -3.51. The molecule has 0 bridgehead atoms. The molecule has 3 rings (SSSR count). The molecule has 0 saturated heterocycles. The van der Waals surface area contributed by atoms with E-state index in [4.69, 9.17) is 4.74 Å². The van der Waals surface area contributed by atoms with Gasteiger partial charge in [-0.1, -0.05) is 48.0 Å². The van der Waals surface area contributed by atoms with Gasteiger partial charge in [-0.2, -0.15) is 0 Å². The van der Waals surface area contributed by atoms with E-state index < -0.39 is 5.82 Å². The normalized spacial score (nSPS) is 10.5. The Morgan fingerprint density at radius 2 is 1.71 bits per heavy atom. The monoisotopic (exact) mass is 420 g/mol. The molecule has 0 aliphatic rings. The van der Waals surface area contributed by atoms with Crippen molar-refractivity contribution in [3.63, 3.8) is 0 Å². The van der Waals surface area contributed by atoms with Crippen LogP contribution in [-0.2, 0) is 27.3 Å². The van der Waals surface area contributed by atoms with Crippen LogP contribution in [0.3, 0.4) is 0 Å². The third kappa shape index (κ3) is 6.49. The standard InChI is InChI=1S/C25H25FN2O3/c1-18-9-11-19(12-10-18)16-28(25(30)17-31-2)23-8-3-5-20(13-23)14-24(29)27-22-7-4-6-21(26)15-22/h3-13,15H,14,16-17H2,1-2H3,(H,27,29). The van der Waals surface area contributed by atoms with Gasteiger partial charge in [0.05, 0.1) is 13.0 Å². The molecular weight excluding hydrogens is 395 g/mol. The van der Waals surface area contributed by atoms with E-state index in [1.807, 2.05) is 55.5 Å². The van der Waals surface area contributed by atoms with Crippen molar-refractivity contribution in [2.75, 3.05) is 23.9 Å². The number of ether oxygens (including phenoxy) is 1. The van der Waals surface area contributed by atoms with Crippen molar-refractivity contribution in [2.45, 2.75) is 19.9 Å². The maximum absolute atomic E-state index is 13.3. The van der Waals surface area contributed by atoms with E-state index in [1.54, 1.807) is 11.0 Å². The molecule has 160 valence electrons. The summed E-state index contributed by atoms with van der Waals surface area (Å²) < 4.78 is 18.4. The van der Waals surface area contributed by atoms with E-state index in [-0.39, 0.29) is 24.8 Å². The van der Waals surface area contributed by atoms with E-state index in [2.05, 4.69) is 5.32 Å². The first-order valence-corrected chi connectivity index (χ1v) is 9.94. The summed E-state index contributed by atoms with van der Waals surface area (Å²) in [6.07, 6.45) is 0.0984. The number of carbonyl (C=O) groups is 2. The third-order valence-electron chi connectivity index (χ3n) is 4.73. The van der Waals surface area contributed by atoms with E-state index in [9.17, 15) is 14.0 Å². The number of methoxy groups -OCH3 is 1. The minimum atomic E-state index is -0.414. The first-order valence-electron chi connectivity index (χ1n) is 9.94. The largest absolute Gasteiger partial charge is 0.375 e. The Morgan fingerprint density at radius 1 is 0.968 bits per heavy atom. The van der Waals surface area contributed by atoms with Crippen LogP contribution in [0.1, 0.15) is 16.7 Å². The highest BCUT2D eigenvalue weighted by molar-refractivity contribution is 5.95. The second-order valence-corrected chi connectivity index (χ2v) is 7.30. The first-order chi connectivity index (χ1) is 14.9. The van der Waals surface area contributed by atoms with E-state index in [0.717, 1.165) is 16.7 Å². The molecule has 3 aromatic rings. The summed E-state index contributed by atoms with van der Waals surface area (Å²) in [6, 6.07) is 21.0. The molecule has 5 nitrogen and oxygen atoms in total. The van der Waals surface area contributed by atoms with Crippen molar-refractivity contribution in [1.29, 1.82) is 0 Å². The number of anilines is 2. The van der Waals surface area contributed by atoms with Gasteiger partial charge >= 0.3 is 0 Å². The average molecular weight is 420 g/mol. The van der Waals surface area contributed by atoms with Gasteiger partial charge in [0.1, 0.15) is 12.4 Å². The van der Waals surface area contributed by atoms with Gasteiger partial charge in [-0.05, 0) is 48.4 Å². The molecule has 0 fully saturated rings.